The fraction of sp³-hybridized carbons (Fsp3) is 0.235. The molecule has 2 aromatic carbocycles. The molecule has 0 saturated carbocycles. The molecule has 9 heteroatoms. The Morgan fingerprint density at radius 2 is 1.77 bits per heavy atom. The van der Waals surface area contributed by atoms with E-state index in [0.29, 0.717) is 18.1 Å². The molecule has 0 bridgehead atoms. The van der Waals surface area contributed by atoms with Crippen molar-refractivity contribution in [1.82, 2.24) is 4.31 Å². The third-order valence-corrected chi connectivity index (χ3v) is 6.53. The van der Waals surface area contributed by atoms with Crippen LogP contribution in [0.2, 0.25) is 10.0 Å². The van der Waals surface area contributed by atoms with Gasteiger partial charge in [0.2, 0.25) is 10.0 Å². The summed E-state index contributed by atoms with van der Waals surface area (Å²) in [6.07, 6.45) is 1.46. The summed E-state index contributed by atoms with van der Waals surface area (Å²) in [6.45, 7) is 0.687. The van der Waals surface area contributed by atoms with Crippen LogP contribution in [-0.4, -0.2) is 31.7 Å². The van der Waals surface area contributed by atoms with E-state index < -0.39 is 26.6 Å². The van der Waals surface area contributed by atoms with Crippen molar-refractivity contribution < 1.29 is 17.6 Å². The molecule has 26 heavy (non-hydrogen) atoms. The van der Waals surface area contributed by atoms with Crippen molar-refractivity contribution in [3.63, 3.8) is 0 Å². The SMILES string of the molecule is O=C(Nc1cc(Cl)ccc1Cl)c1ccc(F)c(S(=O)(=O)N2CCCC2)c1. The van der Waals surface area contributed by atoms with Gasteiger partial charge in [0.1, 0.15) is 10.7 Å². The van der Waals surface area contributed by atoms with Crippen molar-refractivity contribution in [2.24, 2.45) is 0 Å². The lowest BCUT2D eigenvalue weighted by molar-refractivity contribution is 0.102. The number of amides is 1. The lowest BCUT2D eigenvalue weighted by atomic mass is 10.2. The van der Waals surface area contributed by atoms with E-state index in [1.54, 1.807) is 6.07 Å². The summed E-state index contributed by atoms with van der Waals surface area (Å²) in [5, 5.41) is 3.20. The number of rotatable bonds is 4. The number of nitrogens with one attached hydrogen (secondary N) is 1. The summed E-state index contributed by atoms with van der Waals surface area (Å²) in [4.78, 5) is 11.9. The average Bonchev–Trinajstić information content (AvgIpc) is 3.13. The predicted octanol–water partition coefficient (Wildman–Crippen LogP) is 4.17. The van der Waals surface area contributed by atoms with Gasteiger partial charge < -0.3 is 5.32 Å². The fourth-order valence-electron chi connectivity index (χ4n) is 2.70. The van der Waals surface area contributed by atoms with Gasteiger partial charge in [0, 0.05) is 23.7 Å². The zero-order valence-corrected chi connectivity index (χ0v) is 15.8. The highest BCUT2D eigenvalue weighted by Crippen LogP contribution is 2.27. The molecule has 0 aromatic heterocycles. The molecular formula is C17H15Cl2FN2O3S. The summed E-state index contributed by atoms with van der Waals surface area (Å²) in [5.41, 5.74) is 0.276. The van der Waals surface area contributed by atoms with Crippen molar-refractivity contribution in [1.29, 1.82) is 0 Å². The average molecular weight is 417 g/mol. The molecule has 0 radical (unpaired) electrons. The summed E-state index contributed by atoms with van der Waals surface area (Å²) < 4.78 is 40.6. The minimum absolute atomic E-state index is 0.000198. The number of hydrogen-bond donors (Lipinski definition) is 1. The molecule has 0 spiro atoms. The van der Waals surface area contributed by atoms with Crippen LogP contribution in [0.1, 0.15) is 23.2 Å². The van der Waals surface area contributed by atoms with Gasteiger partial charge in [-0.1, -0.05) is 23.2 Å². The van der Waals surface area contributed by atoms with Crippen LogP contribution < -0.4 is 5.32 Å². The van der Waals surface area contributed by atoms with Crippen molar-refractivity contribution >= 4 is 44.8 Å². The van der Waals surface area contributed by atoms with Gasteiger partial charge in [0.05, 0.1) is 10.7 Å². The highest BCUT2D eigenvalue weighted by atomic mass is 35.5. The molecule has 1 heterocycles. The lowest BCUT2D eigenvalue weighted by Crippen LogP contribution is -2.29. The Balaban J connectivity index is 1.92. The van der Waals surface area contributed by atoms with E-state index in [1.807, 2.05) is 0 Å². The minimum Gasteiger partial charge on any atom is -0.321 e. The molecule has 5 nitrogen and oxygen atoms in total. The number of benzene rings is 2. The molecular weight excluding hydrogens is 402 g/mol. The zero-order valence-electron chi connectivity index (χ0n) is 13.5. The van der Waals surface area contributed by atoms with Gasteiger partial charge in [-0.3, -0.25) is 4.79 Å². The first-order valence-electron chi connectivity index (χ1n) is 7.85. The number of hydrogen-bond acceptors (Lipinski definition) is 3. The number of sulfonamides is 1. The summed E-state index contributed by atoms with van der Waals surface area (Å²) in [6, 6.07) is 7.78. The highest BCUT2D eigenvalue weighted by Gasteiger charge is 2.30. The van der Waals surface area contributed by atoms with Crippen LogP contribution in [0.4, 0.5) is 10.1 Å². The van der Waals surface area contributed by atoms with E-state index in [4.69, 9.17) is 23.2 Å². The Bertz CT molecular complexity index is 960. The second-order valence-electron chi connectivity index (χ2n) is 5.83. The number of carbonyl (C=O) groups excluding carboxylic acids is 1. The van der Waals surface area contributed by atoms with Crippen molar-refractivity contribution in [2.75, 3.05) is 18.4 Å². The predicted molar refractivity (Wildman–Crippen MR) is 98.8 cm³/mol. The monoisotopic (exact) mass is 416 g/mol. The zero-order chi connectivity index (χ0) is 18.9. The lowest BCUT2D eigenvalue weighted by Gasteiger charge is -2.16. The summed E-state index contributed by atoms with van der Waals surface area (Å²) in [5.74, 6) is -1.51. The standard InChI is InChI=1S/C17H15Cl2FN2O3S/c18-12-4-5-13(19)15(10-12)21-17(23)11-3-6-14(20)16(9-11)26(24,25)22-7-1-2-8-22/h3-6,9-10H,1-2,7-8H2,(H,21,23). The van der Waals surface area contributed by atoms with Gasteiger partial charge in [-0.25, -0.2) is 12.8 Å². The molecule has 0 atom stereocenters. The Kier molecular flexibility index (Phi) is 5.53. The first kappa shape index (κ1) is 19.1. The molecule has 1 aliphatic heterocycles. The molecule has 0 aliphatic carbocycles. The first-order valence-corrected chi connectivity index (χ1v) is 10.0. The third kappa shape index (κ3) is 3.86. The molecule has 3 rings (SSSR count). The van der Waals surface area contributed by atoms with Crippen LogP contribution in [-0.2, 0) is 10.0 Å². The molecule has 1 N–H and O–H groups in total. The van der Waals surface area contributed by atoms with E-state index >= 15 is 0 Å². The maximum atomic E-state index is 14.1. The number of anilines is 1. The van der Waals surface area contributed by atoms with Crippen molar-refractivity contribution in [3.05, 3.63) is 57.8 Å². The van der Waals surface area contributed by atoms with Crippen molar-refractivity contribution in [2.45, 2.75) is 17.7 Å². The quantitative estimate of drug-likeness (QED) is 0.812. The number of carbonyl (C=O) groups is 1. The third-order valence-electron chi connectivity index (χ3n) is 4.05. The van der Waals surface area contributed by atoms with E-state index in [1.165, 1.54) is 22.5 Å². The van der Waals surface area contributed by atoms with Crippen LogP contribution in [0.5, 0.6) is 0 Å². The van der Waals surface area contributed by atoms with Gasteiger partial charge >= 0.3 is 0 Å². The van der Waals surface area contributed by atoms with Crippen LogP contribution in [0.25, 0.3) is 0 Å². The highest BCUT2D eigenvalue weighted by molar-refractivity contribution is 7.89. The molecule has 138 valence electrons. The Labute approximate surface area is 160 Å². The normalized spacial score (nSPS) is 15.2. The number of halogens is 3. The molecule has 1 saturated heterocycles. The second-order valence-corrected chi connectivity index (χ2v) is 8.58. The van der Waals surface area contributed by atoms with E-state index in [2.05, 4.69) is 5.32 Å². The molecule has 0 unspecified atom stereocenters. The Morgan fingerprint density at radius 1 is 1.08 bits per heavy atom. The Hall–Kier alpha value is -1.67. The van der Waals surface area contributed by atoms with Crippen LogP contribution in [0.15, 0.2) is 41.3 Å². The largest absolute Gasteiger partial charge is 0.321 e. The van der Waals surface area contributed by atoms with Crippen molar-refractivity contribution in [3.8, 4) is 0 Å². The fourth-order valence-corrected chi connectivity index (χ4v) is 4.64. The van der Waals surface area contributed by atoms with E-state index in [9.17, 15) is 17.6 Å². The minimum atomic E-state index is -3.98. The maximum absolute atomic E-state index is 14.1. The summed E-state index contributed by atoms with van der Waals surface area (Å²) in [7, 11) is -3.98. The smallest absolute Gasteiger partial charge is 0.255 e. The van der Waals surface area contributed by atoms with Gasteiger partial charge in [0.25, 0.3) is 5.91 Å². The van der Waals surface area contributed by atoms with Gasteiger partial charge in [-0.15, -0.1) is 0 Å². The van der Waals surface area contributed by atoms with Crippen LogP contribution in [0.3, 0.4) is 0 Å². The topological polar surface area (TPSA) is 66.5 Å². The Morgan fingerprint density at radius 3 is 2.46 bits per heavy atom. The van der Waals surface area contributed by atoms with Gasteiger partial charge in [-0.2, -0.15) is 4.31 Å². The molecule has 1 fully saturated rings. The van der Waals surface area contributed by atoms with Crippen LogP contribution >= 0.6 is 23.2 Å². The van der Waals surface area contributed by atoms with E-state index in [0.717, 1.165) is 25.0 Å². The maximum Gasteiger partial charge on any atom is 0.255 e. The number of nitrogens with zero attached hydrogens (tertiary/aromatic N) is 1. The summed E-state index contributed by atoms with van der Waals surface area (Å²) >= 11 is 11.9. The van der Waals surface area contributed by atoms with Crippen LogP contribution in [0, 0.1) is 5.82 Å². The molecule has 1 amide bonds. The van der Waals surface area contributed by atoms with E-state index in [-0.39, 0.29) is 16.3 Å². The first-order chi connectivity index (χ1) is 12.3. The molecule has 1 aliphatic rings. The molecule has 2 aromatic rings. The van der Waals surface area contributed by atoms with Gasteiger partial charge in [-0.05, 0) is 49.2 Å². The second kappa shape index (κ2) is 7.52. The van der Waals surface area contributed by atoms with Gasteiger partial charge in [0.15, 0.2) is 0 Å².